The first kappa shape index (κ1) is 12.4. The Bertz CT molecular complexity index is 473. The highest BCUT2D eigenvalue weighted by atomic mass is 15.3. The Morgan fingerprint density at radius 1 is 1.21 bits per heavy atom. The number of rotatable bonds is 2. The molecule has 0 amide bonds. The van der Waals surface area contributed by atoms with E-state index in [0.717, 1.165) is 18.9 Å². The van der Waals surface area contributed by atoms with E-state index in [1.165, 1.54) is 38.8 Å². The number of nitrogens with zero attached hydrogens (tertiary/aromatic N) is 4. The van der Waals surface area contributed by atoms with Crippen molar-refractivity contribution in [3.05, 3.63) is 23.9 Å². The highest BCUT2D eigenvalue weighted by molar-refractivity contribution is 5.45. The Morgan fingerprint density at radius 3 is 2.84 bits per heavy atom. The zero-order valence-corrected chi connectivity index (χ0v) is 11.3. The van der Waals surface area contributed by atoms with Gasteiger partial charge in [-0.1, -0.05) is 6.42 Å². The topological polar surface area (TPSA) is 43.2 Å². The van der Waals surface area contributed by atoms with E-state index in [2.05, 4.69) is 20.9 Å². The molecule has 1 aromatic rings. The van der Waals surface area contributed by atoms with E-state index in [-0.39, 0.29) is 0 Å². The zero-order valence-electron chi connectivity index (χ0n) is 11.3. The summed E-state index contributed by atoms with van der Waals surface area (Å²) in [5.41, 5.74) is 0.700. The summed E-state index contributed by atoms with van der Waals surface area (Å²) in [5, 5.41) is 8.96. The summed E-state index contributed by atoms with van der Waals surface area (Å²) in [4.78, 5) is 9.36. The standard InChI is InChI=1S/C15H20N4/c16-11-13-4-6-17-15(10-13)19-9-5-14(12-19)18-7-2-1-3-8-18/h4,6,10,14H,1-3,5,7-9,12H2/t14-/m1/s1. The van der Waals surface area contributed by atoms with E-state index < -0.39 is 0 Å². The van der Waals surface area contributed by atoms with Gasteiger partial charge in [-0.15, -0.1) is 0 Å². The molecule has 2 fully saturated rings. The second-order valence-corrected chi connectivity index (χ2v) is 5.50. The molecule has 1 atom stereocenters. The van der Waals surface area contributed by atoms with Crippen LogP contribution in [-0.2, 0) is 0 Å². The Labute approximate surface area is 114 Å². The monoisotopic (exact) mass is 256 g/mol. The van der Waals surface area contributed by atoms with E-state index in [4.69, 9.17) is 5.26 Å². The molecule has 3 heterocycles. The third-order valence-corrected chi connectivity index (χ3v) is 4.27. The number of hydrogen-bond donors (Lipinski definition) is 0. The van der Waals surface area contributed by atoms with Gasteiger partial charge in [-0.3, -0.25) is 4.90 Å². The van der Waals surface area contributed by atoms with E-state index in [1.54, 1.807) is 12.3 Å². The summed E-state index contributed by atoms with van der Waals surface area (Å²) in [6, 6.07) is 6.53. The van der Waals surface area contributed by atoms with Gasteiger partial charge in [0.1, 0.15) is 5.82 Å². The van der Waals surface area contributed by atoms with Crippen molar-refractivity contribution in [3.63, 3.8) is 0 Å². The van der Waals surface area contributed by atoms with Crippen molar-refractivity contribution >= 4 is 5.82 Å². The third kappa shape index (κ3) is 2.71. The van der Waals surface area contributed by atoms with Crippen LogP contribution in [0.25, 0.3) is 0 Å². The van der Waals surface area contributed by atoms with E-state index in [9.17, 15) is 0 Å². The maximum Gasteiger partial charge on any atom is 0.129 e. The van der Waals surface area contributed by atoms with E-state index in [0.29, 0.717) is 11.6 Å². The molecule has 0 unspecified atom stereocenters. The second-order valence-electron chi connectivity index (χ2n) is 5.50. The molecule has 4 nitrogen and oxygen atoms in total. The van der Waals surface area contributed by atoms with Crippen molar-refractivity contribution in [1.82, 2.24) is 9.88 Å². The van der Waals surface area contributed by atoms with Crippen LogP contribution in [0.5, 0.6) is 0 Å². The van der Waals surface area contributed by atoms with E-state index in [1.807, 2.05) is 6.07 Å². The fourth-order valence-corrected chi connectivity index (χ4v) is 3.19. The summed E-state index contributed by atoms with van der Waals surface area (Å²) in [7, 11) is 0. The SMILES string of the molecule is N#Cc1ccnc(N2CC[C@@H](N3CCCCC3)C2)c1. The number of aromatic nitrogens is 1. The molecular weight excluding hydrogens is 236 g/mol. The molecule has 0 spiro atoms. The number of likely N-dealkylation sites (tertiary alicyclic amines) is 1. The molecule has 0 bridgehead atoms. The van der Waals surface area contributed by atoms with Crippen LogP contribution >= 0.6 is 0 Å². The highest BCUT2D eigenvalue weighted by Crippen LogP contribution is 2.24. The van der Waals surface area contributed by atoms with Crippen LogP contribution < -0.4 is 4.90 Å². The van der Waals surface area contributed by atoms with Gasteiger partial charge in [0.15, 0.2) is 0 Å². The lowest BCUT2D eigenvalue weighted by molar-refractivity contribution is 0.175. The van der Waals surface area contributed by atoms with Crippen LogP contribution in [0, 0.1) is 11.3 Å². The van der Waals surface area contributed by atoms with Crippen molar-refractivity contribution in [2.24, 2.45) is 0 Å². The number of piperidine rings is 1. The van der Waals surface area contributed by atoms with Crippen LogP contribution in [0.15, 0.2) is 18.3 Å². The minimum absolute atomic E-state index is 0.674. The van der Waals surface area contributed by atoms with Crippen molar-refractivity contribution in [3.8, 4) is 6.07 Å². The molecule has 1 aromatic heterocycles. The number of nitriles is 1. The van der Waals surface area contributed by atoms with Crippen molar-refractivity contribution in [2.75, 3.05) is 31.1 Å². The molecular formula is C15H20N4. The lowest BCUT2D eigenvalue weighted by Crippen LogP contribution is -2.40. The molecule has 3 rings (SSSR count). The Balaban J connectivity index is 1.66. The van der Waals surface area contributed by atoms with Gasteiger partial charge in [-0.2, -0.15) is 5.26 Å². The minimum atomic E-state index is 0.674. The molecule has 2 aliphatic heterocycles. The predicted octanol–water partition coefficient (Wildman–Crippen LogP) is 2.02. The van der Waals surface area contributed by atoms with Gasteiger partial charge >= 0.3 is 0 Å². The molecule has 100 valence electrons. The molecule has 0 N–H and O–H groups in total. The van der Waals surface area contributed by atoms with Gasteiger partial charge < -0.3 is 4.90 Å². The summed E-state index contributed by atoms with van der Waals surface area (Å²) < 4.78 is 0. The largest absolute Gasteiger partial charge is 0.355 e. The zero-order chi connectivity index (χ0) is 13.1. The average Bonchev–Trinajstić information content (AvgIpc) is 2.98. The Kier molecular flexibility index (Phi) is 3.65. The molecule has 19 heavy (non-hydrogen) atoms. The Hall–Kier alpha value is -1.60. The van der Waals surface area contributed by atoms with Crippen LogP contribution in [0.3, 0.4) is 0 Å². The number of pyridine rings is 1. The van der Waals surface area contributed by atoms with Crippen LogP contribution in [0.2, 0.25) is 0 Å². The number of anilines is 1. The molecule has 4 heteroatoms. The lowest BCUT2D eigenvalue weighted by atomic mass is 10.1. The first-order valence-electron chi connectivity index (χ1n) is 7.22. The lowest BCUT2D eigenvalue weighted by Gasteiger charge is -2.32. The normalized spacial score (nSPS) is 24.4. The molecule has 2 saturated heterocycles. The van der Waals surface area contributed by atoms with Crippen LogP contribution in [-0.4, -0.2) is 42.1 Å². The highest BCUT2D eigenvalue weighted by Gasteiger charge is 2.29. The quantitative estimate of drug-likeness (QED) is 0.812. The first-order chi connectivity index (χ1) is 9.36. The molecule has 0 aliphatic carbocycles. The summed E-state index contributed by atoms with van der Waals surface area (Å²) in [6.45, 7) is 4.62. The third-order valence-electron chi connectivity index (χ3n) is 4.27. The van der Waals surface area contributed by atoms with Gasteiger partial charge in [0.05, 0.1) is 11.6 Å². The van der Waals surface area contributed by atoms with Crippen molar-refractivity contribution in [1.29, 1.82) is 5.26 Å². The molecule has 0 radical (unpaired) electrons. The minimum Gasteiger partial charge on any atom is -0.355 e. The number of hydrogen-bond acceptors (Lipinski definition) is 4. The van der Waals surface area contributed by atoms with Crippen molar-refractivity contribution < 1.29 is 0 Å². The van der Waals surface area contributed by atoms with Crippen LogP contribution in [0.1, 0.15) is 31.2 Å². The van der Waals surface area contributed by atoms with Gasteiger partial charge in [0.25, 0.3) is 0 Å². The van der Waals surface area contributed by atoms with Gasteiger partial charge in [-0.25, -0.2) is 4.98 Å². The summed E-state index contributed by atoms with van der Waals surface area (Å²) in [5.74, 6) is 0.957. The summed E-state index contributed by atoms with van der Waals surface area (Å²) in [6.07, 6.45) is 7.04. The fourth-order valence-electron chi connectivity index (χ4n) is 3.19. The van der Waals surface area contributed by atoms with Gasteiger partial charge in [0.2, 0.25) is 0 Å². The van der Waals surface area contributed by atoms with Crippen molar-refractivity contribution in [2.45, 2.75) is 31.7 Å². The molecule has 0 aromatic carbocycles. The van der Waals surface area contributed by atoms with Crippen LogP contribution in [0.4, 0.5) is 5.82 Å². The maximum absolute atomic E-state index is 8.96. The average molecular weight is 256 g/mol. The van der Waals surface area contributed by atoms with Gasteiger partial charge in [0, 0.05) is 25.3 Å². The maximum atomic E-state index is 8.96. The second kappa shape index (κ2) is 5.58. The van der Waals surface area contributed by atoms with Gasteiger partial charge in [-0.05, 0) is 44.5 Å². The smallest absolute Gasteiger partial charge is 0.129 e. The fraction of sp³-hybridized carbons (Fsp3) is 0.600. The molecule has 0 saturated carbocycles. The predicted molar refractivity (Wildman–Crippen MR) is 75.0 cm³/mol. The summed E-state index contributed by atoms with van der Waals surface area (Å²) >= 11 is 0. The molecule has 2 aliphatic rings. The first-order valence-corrected chi connectivity index (χ1v) is 7.22. The van der Waals surface area contributed by atoms with E-state index >= 15 is 0 Å². The Morgan fingerprint density at radius 2 is 2.05 bits per heavy atom.